The number of hydrogen-bond acceptors (Lipinski definition) is 4. The number of ether oxygens (including phenoxy) is 1. The first-order valence-corrected chi connectivity index (χ1v) is 7.24. The Morgan fingerprint density at radius 3 is 2.68 bits per heavy atom. The van der Waals surface area contributed by atoms with Crippen molar-refractivity contribution in [2.75, 3.05) is 18.9 Å². The van der Waals surface area contributed by atoms with Gasteiger partial charge in [-0.3, -0.25) is 4.79 Å². The van der Waals surface area contributed by atoms with E-state index in [9.17, 15) is 4.79 Å². The molecule has 2 rings (SSSR count). The Morgan fingerprint density at radius 2 is 2.09 bits per heavy atom. The van der Waals surface area contributed by atoms with Gasteiger partial charge in [0.05, 0.1) is 0 Å². The molecule has 1 heterocycles. The van der Waals surface area contributed by atoms with Crippen molar-refractivity contribution < 1.29 is 9.53 Å². The lowest BCUT2D eigenvalue weighted by Crippen LogP contribution is -2.28. The van der Waals surface area contributed by atoms with Gasteiger partial charge in [0, 0.05) is 37.6 Å². The smallest absolute Gasteiger partial charge is 0.228 e. The maximum absolute atomic E-state index is 11.9. The highest BCUT2D eigenvalue weighted by atomic mass is 16.5. The van der Waals surface area contributed by atoms with Gasteiger partial charge in [-0.2, -0.15) is 0 Å². The summed E-state index contributed by atoms with van der Waals surface area (Å²) in [5.74, 6) is 1.52. The van der Waals surface area contributed by atoms with Crippen molar-refractivity contribution in [2.45, 2.75) is 13.5 Å². The number of nitrogens with zero attached hydrogens (tertiary/aromatic N) is 2. The molecule has 0 spiro atoms. The Kier molecular flexibility index (Phi) is 5.55. The number of hydrogen-bond donors (Lipinski definition) is 2. The van der Waals surface area contributed by atoms with Crippen LogP contribution in [0.5, 0.6) is 5.75 Å². The summed E-state index contributed by atoms with van der Waals surface area (Å²) in [7, 11) is 3.76. The molecule has 1 amide bonds. The number of amides is 1. The van der Waals surface area contributed by atoms with E-state index in [0.717, 1.165) is 17.3 Å². The molecule has 0 radical (unpaired) electrons. The van der Waals surface area contributed by atoms with Gasteiger partial charge in [0.25, 0.3) is 0 Å². The molecule has 1 aromatic heterocycles. The van der Waals surface area contributed by atoms with Crippen molar-refractivity contribution in [3.63, 3.8) is 0 Å². The Bertz CT molecular complexity index is 607. The summed E-state index contributed by atoms with van der Waals surface area (Å²) >= 11 is 0. The molecule has 0 saturated carbocycles. The first kappa shape index (κ1) is 16.0. The fourth-order valence-corrected chi connectivity index (χ4v) is 1.98. The lowest BCUT2D eigenvalue weighted by Gasteiger charge is -2.12. The number of nitrogens with one attached hydrogen (secondary N) is 2. The second-order valence-corrected chi connectivity index (χ2v) is 5.22. The number of benzene rings is 1. The van der Waals surface area contributed by atoms with Crippen molar-refractivity contribution in [1.82, 2.24) is 14.9 Å². The topological polar surface area (TPSA) is 68.2 Å². The molecule has 0 bridgehead atoms. The molecule has 0 aliphatic heterocycles. The summed E-state index contributed by atoms with van der Waals surface area (Å²) in [6.07, 6.45) is 3.62. The molecular weight excluding hydrogens is 280 g/mol. The van der Waals surface area contributed by atoms with E-state index in [1.165, 1.54) is 0 Å². The minimum absolute atomic E-state index is 0.00368. The van der Waals surface area contributed by atoms with Gasteiger partial charge in [-0.15, -0.1) is 0 Å². The van der Waals surface area contributed by atoms with Crippen molar-refractivity contribution in [3.05, 3.63) is 42.5 Å². The van der Waals surface area contributed by atoms with Gasteiger partial charge in [-0.1, -0.05) is 6.92 Å². The highest BCUT2D eigenvalue weighted by Crippen LogP contribution is 2.17. The van der Waals surface area contributed by atoms with Crippen LogP contribution in [0.2, 0.25) is 0 Å². The predicted octanol–water partition coefficient (Wildman–Crippen LogP) is 1.79. The number of aromatic nitrogens is 2. The summed E-state index contributed by atoms with van der Waals surface area (Å²) in [5.41, 5.74) is 0.761. The van der Waals surface area contributed by atoms with E-state index in [4.69, 9.17) is 4.74 Å². The van der Waals surface area contributed by atoms with Gasteiger partial charge in [0.1, 0.15) is 18.2 Å². The van der Waals surface area contributed by atoms with Gasteiger partial charge >= 0.3 is 0 Å². The maximum Gasteiger partial charge on any atom is 0.228 e. The summed E-state index contributed by atoms with van der Waals surface area (Å²) < 4.78 is 7.59. The number of anilines is 1. The molecule has 6 heteroatoms. The van der Waals surface area contributed by atoms with Crippen molar-refractivity contribution in [2.24, 2.45) is 13.0 Å². The molecular formula is C16H22N4O2. The van der Waals surface area contributed by atoms with Crippen LogP contribution >= 0.6 is 0 Å². The number of rotatable bonds is 7. The molecule has 1 aromatic carbocycles. The maximum atomic E-state index is 11.9. The van der Waals surface area contributed by atoms with Crippen LogP contribution in [-0.2, 0) is 18.4 Å². The van der Waals surface area contributed by atoms with E-state index < -0.39 is 0 Å². The van der Waals surface area contributed by atoms with Crippen LogP contribution in [0.25, 0.3) is 0 Å². The van der Waals surface area contributed by atoms with Crippen LogP contribution in [0.4, 0.5) is 5.69 Å². The zero-order valence-corrected chi connectivity index (χ0v) is 13.2. The Labute approximate surface area is 130 Å². The summed E-state index contributed by atoms with van der Waals surface area (Å²) in [4.78, 5) is 16.1. The van der Waals surface area contributed by atoms with E-state index in [0.29, 0.717) is 13.2 Å². The highest BCUT2D eigenvalue weighted by Gasteiger charge is 2.11. The Morgan fingerprint density at radius 1 is 1.36 bits per heavy atom. The standard InChI is InChI=1S/C16H22N4O2/c1-12(10-17-2)16(21)19-13-4-6-14(7-5-13)22-11-15-18-8-9-20(15)3/h4-9,12,17H,10-11H2,1-3H3,(H,19,21). The Hall–Kier alpha value is -2.34. The van der Waals surface area contributed by atoms with E-state index in [1.54, 1.807) is 6.20 Å². The molecule has 22 heavy (non-hydrogen) atoms. The molecule has 2 N–H and O–H groups in total. The number of carbonyl (C=O) groups is 1. The number of carbonyl (C=O) groups excluding carboxylic acids is 1. The summed E-state index contributed by atoms with van der Waals surface area (Å²) in [6, 6.07) is 7.33. The second kappa shape index (κ2) is 7.61. The molecule has 1 unspecified atom stereocenters. The zero-order valence-electron chi connectivity index (χ0n) is 13.2. The van der Waals surface area contributed by atoms with Crippen LogP contribution in [0.15, 0.2) is 36.7 Å². The monoisotopic (exact) mass is 302 g/mol. The first-order valence-electron chi connectivity index (χ1n) is 7.24. The van der Waals surface area contributed by atoms with Crippen molar-refractivity contribution in [3.8, 4) is 5.75 Å². The average Bonchev–Trinajstić information content (AvgIpc) is 2.92. The predicted molar refractivity (Wildman–Crippen MR) is 85.7 cm³/mol. The second-order valence-electron chi connectivity index (χ2n) is 5.22. The first-order chi connectivity index (χ1) is 10.6. The summed E-state index contributed by atoms with van der Waals surface area (Å²) in [5, 5.41) is 5.87. The van der Waals surface area contributed by atoms with Gasteiger partial charge in [-0.25, -0.2) is 4.98 Å². The zero-order chi connectivity index (χ0) is 15.9. The third-order valence-electron chi connectivity index (χ3n) is 3.37. The normalized spacial score (nSPS) is 12.0. The van der Waals surface area contributed by atoms with Crippen LogP contribution in [0.3, 0.4) is 0 Å². The molecule has 0 fully saturated rings. The molecule has 118 valence electrons. The third kappa shape index (κ3) is 4.33. The quantitative estimate of drug-likeness (QED) is 0.818. The van der Waals surface area contributed by atoms with E-state index in [1.807, 2.05) is 56.0 Å². The lowest BCUT2D eigenvalue weighted by molar-refractivity contribution is -0.119. The van der Waals surface area contributed by atoms with Gasteiger partial charge < -0.3 is 19.9 Å². The van der Waals surface area contributed by atoms with Crippen LogP contribution in [0.1, 0.15) is 12.7 Å². The van der Waals surface area contributed by atoms with E-state index in [2.05, 4.69) is 15.6 Å². The minimum Gasteiger partial charge on any atom is -0.486 e. The van der Waals surface area contributed by atoms with Crippen LogP contribution in [-0.4, -0.2) is 29.1 Å². The molecule has 0 aliphatic rings. The largest absolute Gasteiger partial charge is 0.486 e. The van der Waals surface area contributed by atoms with Crippen molar-refractivity contribution >= 4 is 11.6 Å². The molecule has 0 aliphatic carbocycles. The van der Waals surface area contributed by atoms with Gasteiger partial charge in [0.15, 0.2) is 0 Å². The SMILES string of the molecule is CNCC(C)C(=O)Nc1ccc(OCc2nccn2C)cc1. The summed E-state index contributed by atoms with van der Waals surface area (Å²) in [6.45, 7) is 2.95. The Balaban J connectivity index is 1.87. The molecule has 1 atom stereocenters. The van der Waals surface area contributed by atoms with Crippen LogP contribution < -0.4 is 15.4 Å². The van der Waals surface area contributed by atoms with E-state index >= 15 is 0 Å². The van der Waals surface area contributed by atoms with Crippen molar-refractivity contribution in [1.29, 1.82) is 0 Å². The molecule has 2 aromatic rings. The fourth-order valence-electron chi connectivity index (χ4n) is 1.98. The number of aryl methyl sites for hydroxylation is 1. The average molecular weight is 302 g/mol. The van der Waals surface area contributed by atoms with Gasteiger partial charge in [0.2, 0.25) is 5.91 Å². The minimum atomic E-state index is -0.0793. The third-order valence-corrected chi connectivity index (χ3v) is 3.37. The lowest BCUT2D eigenvalue weighted by atomic mass is 10.1. The molecule has 6 nitrogen and oxygen atoms in total. The van der Waals surface area contributed by atoms with Gasteiger partial charge in [-0.05, 0) is 31.3 Å². The van der Waals surface area contributed by atoms with Crippen LogP contribution in [0, 0.1) is 5.92 Å². The molecule has 0 saturated heterocycles. The van der Waals surface area contributed by atoms with E-state index in [-0.39, 0.29) is 11.8 Å². The highest BCUT2D eigenvalue weighted by molar-refractivity contribution is 5.92. The fraction of sp³-hybridized carbons (Fsp3) is 0.375. The number of imidazole rings is 1.